The number of aromatic nitrogens is 2. The summed E-state index contributed by atoms with van der Waals surface area (Å²) in [6.07, 6.45) is 4.39. The Balaban J connectivity index is 1.55. The maximum Gasteiger partial charge on any atom is 0.258 e. The van der Waals surface area contributed by atoms with Crippen LogP contribution in [0.25, 0.3) is 4.96 Å². The molecule has 3 aromatic rings. The summed E-state index contributed by atoms with van der Waals surface area (Å²) in [5.74, 6) is 0. The van der Waals surface area contributed by atoms with Crippen LogP contribution in [0.15, 0.2) is 40.0 Å². The molecule has 0 radical (unpaired) electrons. The maximum absolute atomic E-state index is 12.2. The molecule has 0 saturated carbocycles. The van der Waals surface area contributed by atoms with E-state index >= 15 is 0 Å². The van der Waals surface area contributed by atoms with E-state index in [1.54, 1.807) is 28.0 Å². The molecule has 4 rings (SSSR count). The number of hydrogen-bond acceptors (Lipinski definition) is 5. The first-order chi connectivity index (χ1) is 11.8. The largest absolute Gasteiger partial charge is 0.372 e. The van der Waals surface area contributed by atoms with Gasteiger partial charge in [-0.15, -0.1) is 22.7 Å². The van der Waals surface area contributed by atoms with Gasteiger partial charge in [-0.1, -0.05) is 6.07 Å². The first-order valence-electron chi connectivity index (χ1n) is 8.21. The highest BCUT2D eigenvalue weighted by atomic mass is 32.1. The highest BCUT2D eigenvalue weighted by molar-refractivity contribution is 7.15. The molecule has 1 fully saturated rings. The van der Waals surface area contributed by atoms with Crippen molar-refractivity contribution in [3.8, 4) is 0 Å². The summed E-state index contributed by atoms with van der Waals surface area (Å²) in [6.45, 7) is 3.53. The van der Waals surface area contributed by atoms with E-state index in [1.807, 2.05) is 5.38 Å². The average molecular weight is 363 g/mol. The monoisotopic (exact) mass is 362 g/mol. The van der Waals surface area contributed by atoms with Gasteiger partial charge in [0.1, 0.15) is 31.4 Å². The van der Waals surface area contributed by atoms with Crippen molar-refractivity contribution in [2.45, 2.75) is 32.0 Å². The van der Waals surface area contributed by atoms with Crippen molar-refractivity contribution in [3.63, 3.8) is 0 Å². The van der Waals surface area contributed by atoms with Gasteiger partial charge < -0.3 is 9.64 Å². The third-order valence-corrected chi connectivity index (χ3v) is 5.97. The van der Waals surface area contributed by atoms with Crippen LogP contribution in [0.1, 0.15) is 23.4 Å². The standard InChI is InChI=1S/C17H19N3O2S2/c21-16-9-13(18-17-20(16)5-8-24-17)10-19(11-14-3-1-6-22-14)12-15-4-2-7-23-15/h2,4-5,7-9,14H,1,3,6,10-12H2/p+1/t14-/m0/s1. The van der Waals surface area contributed by atoms with E-state index in [-0.39, 0.29) is 5.56 Å². The van der Waals surface area contributed by atoms with Crippen LogP contribution in [0, 0.1) is 0 Å². The summed E-state index contributed by atoms with van der Waals surface area (Å²) in [7, 11) is 0. The zero-order valence-corrected chi connectivity index (χ0v) is 14.9. The van der Waals surface area contributed by atoms with Crippen molar-refractivity contribution < 1.29 is 9.64 Å². The van der Waals surface area contributed by atoms with Gasteiger partial charge in [-0.05, 0) is 24.3 Å². The molecule has 4 heterocycles. The van der Waals surface area contributed by atoms with Crippen molar-refractivity contribution >= 4 is 27.6 Å². The molecule has 1 aliphatic heterocycles. The molecule has 7 heteroatoms. The van der Waals surface area contributed by atoms with E-state index in [2.05, 4.69) is 22.5 Å². The van der Waals surface area contributed by atoms with Crippen molar-refractivity contribution in [1.82, 2.24) is 9.38 Å². The highest BCUT2D eigenvalue weighted by Crippen LogP contribution is 2.11. The molecule has 0 bridgehead atoms. The molecule has 0 amide bonds. The molecular formula is C17H20N3O2S2+. The van der Waals surface area contributed by atoms with Gasteiger partial charge in [0, 0.05) is 24.3 Å². The first-order valence-corrected chi connectivity index (χ1v) is 9.97. The fraction of sp³-hybridized carbons (Fsp3) is 0.412. The molecule has 3 aromatic heterocycles. The van der Waals surface area contributed by atoms with E-state index in [9.17, 15) is 4.79 Å². The Morgan fingerprint density at radius 1 is 1.33 bits per heavy atom. The molecule has 2 atom stereocenters. The molecule has 0 spiro atoms. The van der Waals surface area contributed by atoms with Gasteiger partial charge in [-0.2, -0.15) is 0 Å². The summed E-state index contributed by atoms with van der Waals surface area (Å²) in [4.78, 5) is 20.4. The van der Waals surface area contributed by atoms with Crippen LogP contribution < -0.4 is 10.5 Å². The van der Waals surface area contributed by atoms with Crippen molar-refractivity contribution in [2.24, 2.45) is 0 Å². The summed E-state index contributed by atoms with van der Waals surface area (Å²) < 4.78 is 7.42. The van der Waals surface area contributed by atoms with Gasteiger partial charge in [0.25, 0.3) is 5.56 Å². The number of nitrogens with one attached hydrogen (secondary N) is 1. The molecule has 126 valence electrons. The van der Waals surface area contributed by atoms with Crippen LogP contribution in [-0.4, -0.2) is 28.6 Å². The molecule has 1 unspecified atom stereocenters. The summed E-state index contributed by atoms with van der Waals surface area (Å²) >= 11 is 3.28. The average Bonchev–Trinajstić information content (AvgIpc) is 3.28. The Morgan fingerprint density at radius 2 is 2.29 bits per heavy atom. The van der Waals surface area contributed by atoms with Gasteiger partial charge in [-0.3, -0.25) is 9.20 Å². The van der Waals surface area contributed by atoms with Gasteiger partial charge in [0.15, 0.2) is 4.96 Å². The molecule has 1 N–H and O–H groups in total. The van der Waals surface area contributed by atoms with Gasteiger partial charge >= 0.3 is 0 Å². The Morgan fingerprint density at radius 3 is 3.08 bits per heavy atom. The lowest BCUT2D eigenvalue weighted by molar-refractivity contribution is -0.930. The first kappa shape index (κ1) is 16.0. The number of rotatable bonds is 6. The van der Waals surface area contributed by atoms with E-state index in [4.69, 9.17) is 4.74 Å². The van der Waals surface area contributed by atoms with Crippen LogP contribution in [0.4, 0.5) is 0 Å². The topological polar surface area (TPSA) is 48.0 Å². The Hall–Kier alpha value is -1.54. The van der Waals surface area contributed by atoms with E-state index < -0.39 is 0 Å². The molecule has 0 aromatic carbocycles. The molecule has 1 saturated heterocycles. The Kier molecular flexibility index (Phi) is 4.75. The fourth-order valence-corrected chi connectivity index (χ4v) is 4.74. The predicted octanol–water partition coefficient (Wildman–Crippen LogP) is 1.58. The maximum atomic E-state index is 12.2. The zero-order valence-electron chi connectivity index (χ0n) is 13.3. The van der Waals surface area contributed by atoms with Crippen molar-refractivity contribution in [3.05, 3.63) is 56.1 Å². The number of fused-ring (bicyclic) bond motifs is 1. The lowest BCUT2D eigenvalue weighted by Crippen LogP contribution is -3.10. The Bertz CT molecular complexity index is 850. The van der Waals surface area contributed by atoms with Crippen LogP contribution in [0.5, 0.6) is 0 Å². The highest BCUT2D eigenvalue weighted by Gasteiger charge is 2.23. The molecule has 1 aliphatic rings. The lowest BCUT2D eigenvalue weighted by Gasteiger charge is -2.21. The number of thiazole rings is 1. The number of nitrogens with zero attached hydrogens (tertiary/aromatic N) is 2. The smallest absolute Gasteiger partial charge is 0.258 e. The van der Waals surface area contributed by atoms with Crippen LogP contribution in [0.3, 0.4) is 0 Å². The minimum Gasteiger partial charge on any atom is -0.372 e. The summed E-state index contributed by atoms with van der Waals surface area (Å²) in [5.41, 5.74) is 0.871. The number of ether oxygens (including phenoxy) is 1. The van der Waals surface area contributed by atoms with Crippen molar-refractivity contribution in [2.75, 3.05) is 13.2 Å². The zero-order chi connectivity index (χ0) is 16.4. The normalized spacial score (nSPS) is 19.1. The second kappa shape index (κ2) is 7.14. The van der Waals surface area contributed by atoms with Crippen LogP contribution in [0.2, 0.25) is 0 Å². The van der Waals surface area contributed by atoms with E-state index in [0.29, 0.717) is 6.10 Å². The van der Waals surface area contributed by atoms with Gasteiger partial charge in [0.2, 0.25) is 0 Å². The molecule has 5 nitrogen and oxygen atoms in total. The summed E-state index contributed by atoms with van der Waals surface area (Å²) in [5, 5.41) is 4.01. The minimum absolute atomic E-state index is 0.00356. The third-order valence-electron chi connectivity index (χ3n) is 4.33. The molecule has 0 aliphatic carbocycles. The van der Waals surface area contributed by atoms with Gasteiger partial charge in [-0.25, -0.2) is 4.98 Å². The minimum atomic E-state index is 0.00356. The Labute approximate surface area is 148 Å². The second-order valence-corrected chi connectivity index (χ2v) is 8.07. The predicted molar refractivity (Wildman–Crippen MR) is 95.9 cm³/mol. The SMILES string of the molecule is O=c1cc(C[NH+](Cc2cccs2)C[C@@H]2CCCO2)nc2sccn12. The number of quaternary nitrogens is 1. The third kappa shape index (κ3) is 3.59. The second-order valence-electron chi connectivity index (χ2n) is 6.16. The summed E-state index contributed by atoms with van der Waals surface area (Å²) in [6, 6.07) is 5.93. The van der Waals surface area contributed by atoms with Crippen LogP contribution in [-0.2, 0) is 17.8 Å². The fourth-order valence-electron chi connectivity index (χ4n) is 3.23. The van der Waals surface area contributed by atoms with E-state index in [0.717, 1.165) is 49.7 Å². The van der Waals surface area contributed by atoms with Crippen LogP contribution >= 0.6 is 22.7 Å². The molecular weight excluding hydrogens is 342 g/mol. The van der Waals surface area contributed by atoms with E-state index in [1.165, 1.54) is 21.1 Å². The lowest BCUT2D eigenvalue weighted by atomic mass is 10.2. The number of thiophene rings is 1. The number of hydrogen-bond donors (Lipinski definition) is 1. The van der Waals surface area contributed by atoms with Crippen molar-refractivity contribution in [1.29, 1.82) is 0 Å². The molecule has 24 heavy (non-hydrogen) atoms. The quantitative estimate of drug-likeness (QED) is 0.724. The van der Waals surface area contributed by atoms with Gasteiger partial charge in [0.05, 0.1) is 4.88 Å².